The lowest BCUT2D eigenvalue weighted by Crippen LogP contribution is -2.37. The number of hydrogen-bond donors (Lipinski definition) is 2. The first kappa shape index (κ1) is 13.7. The van der Waals surface area contributed by atoms with Gasteiger partial charge in [0.05, 0.1) is 13.2 Å². The summed E-state index contributed by atoms with van der Waals surface area (Å²) in [6.07, 6.45) is -1.29. The molecule has 86 valence electrons. The van der Waals surface area contributed by atoms with Crippen LogP contribution in [0.5, 0.6) is 0 Å². The fraction of sp³-hybridized carbons (Fsp3) is 1.00. The number of nitrogens with zero attached hydrogens (tertiary/aromatic N) is 1. The molecule has 0 spiro atoms. The Morgan fingerprint density at radius 3 is 2.50 bits per heavy atom. The summed E-state index contributed by atoms with van der Waals surface area (Å²) in [6.45, 7) is 4.21. The van der Waals surface area contributed by atoms with Crippen molar-refractivity contribution >= 4 is 0 Å². The second kappa shape index (κ2) is 9.30. The summed E-state index contributed by atoms with van der Waals surface area (Å²) < 4.78 is 24.1. The van der Waals surface area contributed by atoms with Crippen LogP contribution in [0.2, 0.25) is 0 Å². The Bertz CT molecular complexity index is 125. The van der Waals surface area contributed by atoms with Gasteiger partial charge < -0.3 is 10.4 Å². The Kier molecular flexibility index (Phi) is 9.13. The van der Waals surface area contributed by atoms with Crippen molar-refractivity contribution in [1.29, 1.82) is 0 Å². The molecule has 0 aromatic heterocycles. The highest BCUT2D eigenvalue weighted by Crippen LogP contribution is 1.96. The summed E-state index contributed by atoms with van der Waals surface area (Å²) in [6, 6.07) is 0. The van der Waals surface area contributed by atoms with Crippen molar-refractivity contribution in [2.75, 3.05) is 39.3 Å². The third-order valence-electron chi connectivity index (χ3n) is 1.84. The first-order chi connectivity index (χ1) is 6.70. The number of aliphatic hydroxyl groups excluding tert-OH is 1. The highest BCUT2D eigenvalue weighted by Gasteiger charge is 2.10. The molecule has 0 radical (unpaired) electrons. The maximum absolute atomic E-state index is 12.0. The van der Waals surface area contributed by atoms with Crippen molar-refractivity contribution in [2.45, 2.75) is 19.8 Å². The van der Waals surface area contributed by atoms with Crippen LogP contribution in [-0.2, 0) is 0 Å². The van der Waals surface area contributed by atoms with E-state index in [1.165, 1.54) is 0 Å². The fourth-order valence-corrected chi connectivity index (χ4v) is 1.17. The Labute approximate surface area is 84.1 Å². The minimum atomic E-state index is -2.33. The second-order valence-electron chi connectivity index (χ2n) is 3.17. The maximum Gasteiger partial charge on any atom is 0.251 e. The van der Waals surface area contributed by atoms with E-state index in [1.54, 1.807) is 4.90 Å². The van der Waals surface area contributed by atoms with Crippen molar-refractivity contribution in [3.8, 4) is 0 Å². The summed E-state index contributed by atoms with van der Waals surface area (Å²) in [7, 11) is 0. The summed E-state index contributed by atoms with van der Waals surface area (Å²) >= 11 is 0. The molecule has 0 rings (SSSR count). The zero-order valence-corrected chi connectivity index (χ0v) is 8.68. The smallest absolute Gasteiger partial charge is 0.251 e. The van der Waals surface area contributed by atoms with Crippen LogP contribution in [0.3, 0.4) is 0 Å². The third-order valence-corrected chi connectivity index (χ3v) is 1.84. The molecule has 0 aliphatic rings. The van der Waals surface area contributed by atoms with Crippen LogP contribution in [0, 0.1) is 0 Å². The van der Waals surface area contributed by atoms with Gasteiger partial charge in [0.2, 0.25) is 0 Å². The fourth-order valence-electron chi connectivity index (χ4n) is 1.17. The van der Waals surface area contributed by atoms with Gasteiger partial charge in [-0.1, -0.05) is 6.92 Å². The van der Waals surface area contributed by atoms with Gasteiger partial charge in [0.1, 0.15) is 0 Å². The van der Waals surface area contributed by atoms with Gasteiger partial charge in [-0.3, -0.25) is 4.90 Å². The van der Waals surface area contributed by atoms with E-state index in [-0.39, 0.29) is 13.2 Å². The monoisotopic (exact) mass is 210 g/mol. The largest absolute Gasteiger partial charge is 0.395 e. The molecule has 0 saturated carbocycles. The van der Waals surface area contributed by atoms with E-state index in [1.807, 2.05) is 0 Å². The molecule has 0 aromatic carbocycles. The zero-order valence-electron chi connectivity index (χ0n) is 8.68. The van der Waals surface area contributed by atoms with Gasteiger partial charge in [-0.15, -0.1) is 0 Å². The number of halogens is 2. The molecule has 14 heavy (non-hydrogen) atoms. The summed E-state index contributed by atoms with van der Waals surface area (Å²) in [5.74, 6) is 0. The molecule has 0 atom stereocenters. The van der Waals surface area contributed by atoms with Gasteiger partial charge >= 0.3 is 0 Å². The summed E-state index contributed by atoms with van der Waals surface area (Å²) in [5, 5.41) is 11.8. The van der Waals surface area contributed by atoms with E-state index >= 15 is 0 Å². The summed E-state index contributed by atoms with van der Waals surface area (Å²) in [5.41, 5.74) is 0. The molecule has 0 amide bonds. The van der Waals surface area contributed by atoms with Crippen LogP contribution in [0.15, 0.2) is 0 Å². The number of hydrogen-bond acceptors (Lipinski definition) is 3. The van der Waals surface area contributed by atoms with Crippen LogP contribution in [0.4, 0.5) is 8.78 Å². The Balaban J connectivity index is 3.51. The molecule has 0 unspecified atom stereocenters. The van der Waals surface area contributed by atoms with Crippen molar-refractivity contribution in [1.82, 2.24) is 10.2 Å². The molecule has 2 N–H and O–H groups in total. The van der Waals surface area contributed by atoms with Crippen molar-refractivity contribution in [3.05, 3.63) is 0 Å². The molecule has 3 nitrogen and oxygen atoms in total. The minimum absolute atomic E-state index is 0.0690. The molecule has 5 heteroatoms. The van der Waals surface area contributed by atoms with E-state index in [4.69, 9.17) is 5.11 Å². The lowest BCUT2D eigenvalue weighted by Gasteiger charge is -2.20. The lowest BCUT2D eigenvalue weighted by molar-refractivity contribution is 0.0789. The van der Waals surface area contributed by atoms with E-state index in [9.17, 15) is 8.78 Å². The highest BCUT2D eigenvalue weighted by atomic mass is 19.3. The van der Waals surface area contributed by atoms with E-state index in [0.29, 0.717) is 19.6 Å². The van der Waals surface area contributed by atoms with Crippen LogP contribution < -0.4 is 5.32 Å². The average Bonchev–Trinajstić information content (AvgIpc) is 2.12. The van der Waals surface area contributed by atoms with E-state index in [0.717, 1.165) is 13.0 Å². The average molecular weight is 210 g/mol. The lowest BCUT2D eigenvalue weighted by atomic mass is 10.4. The second-order valence-corrected chi connectivity index (χ2v) is 3.17. The number of nitrogens with one attached hydrogen (secondary N) is 1. The molecule has 0 aliphatic carbocycles. The number of aliphatic hydroxyl groups is 1. The van der Waals surface area contributed by atoms with Gasteiger partial charge in [0, 0.05) is 19.6 Å². The van der Waals surface area contributed by atoms with Crippen molar-refractivity contribution < 1.29 is 13.9 Å². The van der Waals surface area contributed by atoms with Crippen LogP contribution in [0.1, 0.15) is 13.3 Å². The SMILES string of the molecule is CCCNCCN(CCO)CC(F)F. The predicted molar refractivity (Wildman–Crippen MR) is 52.7 cm³/mol. The van der Waals surface area contributed by atoms with Crippen molar-refractivity contribution in [2.24, 2.45) is 0 Å². The molecular weight excluding hydrogens is 190 g/mol. The van der Waals surface area contributed by atoms with Crippen LogP contribution in [0.25, 0.3) is 0 Å². The standard InChI is InChI=1S/C9H20F2N2O/c1-2-3-12-4-5-13(6-7-14)8-9(10)11/h9,12,14H,2-8H2,1H3. The van der Waals surface area contributed by atoms with Gasteiger partial charge in [0.25, 0.3) is 6.43 Å². The molecule has 0 heterocycles. The number of alkyl halides is 2. The number of rotatable bonds is 9. The first-order valence-corrected chi connectivity index (χ1v) is 5.02. The molecule has 0 aliphatic heterocycles. The van der Waals surface area contributed by atoms with E-state index in [2.05, 4.69) is 12.2 Å². The third kappa shape index (κ3) is 8.34. The summed E-state index contributed by atoms with van der Waals surface area (Å²) in [4.78, 5) is 1.56. The molecule has 0 aromatic rings. The molecule has 0 saturated heterocycles. The maximum atomic E-state index is 12.0. The highest BCUT2D eigenvalue weighted by molar-refractivity contribution is 4.60. The predicted octanol–water partition coefficient (Wildman–Crippen LogP) is 0.545. The molecule has 0 fully saturated rings. The van der Waals surface area contributed by atoms with E-state index < -0.39 is 6.43 Å². The van der Waals surface area contributed by atoms with Gasteiger partial charge in [-0.25, -0.2) is 8.78 Å². The van der Waals surface area contributed by atoms with Crippen molar-refractivity contribution in [3.63, 3.8) is 0 Å². The normalized spacial score (nSPS) is 11.6. The Morgan fingerprint density at radius 1 is 1.29 bits per heavy atom. The zero-order chi connectivity index (χ0) is 10.8. The Morgan fingerprint density at radius 2 is 2.00 bits per heavy atom. The Hall–Kier alpha value is -0.260. The van der Waals surface area contributed by atoms with Gasteiger partial charge in [-0.05, 0) is 13.0 Å². The van der Waals surface area contributed by atoms with Gasteiger partial charge in [0.15, 0.2) is 0 Å². The topological polar surface area (TPSA) is 35.5 Å². The molecule has 0 bridgehead atoms. The minimum Gasteiger partial charge on any atom is -0.395 e. The first-order valence-electron chi connectivity index (χ1n) is 5.02. The van der Waals surface area contributed by atoms with Crippen LogP contribution in [-0.4, -0.2) is 55.8 Å². The van der Waals surface area contributed by atoms with Crippen LogP contribution >= 0.6 is 0 Å². The van der Waals surface area contributed by atoms with Gasteiger partial charge in [-0.2, -0.15) is 0 Å². The quantitative estimate of drug-likeness (QED) is 0.545. The molecular formula is C9H20F2N2O.